The number of halogens is 1. The number of rotatable bonds is 4. The Kier molecular flexibility index (Phi) is 4.16. The van der Waals surface area contributed by atoms with Gasteiger partial charge in [-0.15, -0.1) is 0 Å². The quantitative estimate of drug-likeness (QED) is 0.873. The van der Waals surface area contributed by atoms with Crippen LogP contribution in [0.15, 0.2) is 22.7 Å². The molecule has 0 aliphatic heterocycles. The second-order valence-electron chi connectivity index (χ2n) is 4.14. The lowest BCUT2D eigenvalue weighted by Crippen LogP contribution is -2.22. The first kappa shape index (κ1) is 13.5. The molecule has 19 heavy (non-hydrogen) atoms. The van der Waals surface area contributed by atoms with Crippen LogP contribution >= 0.6 is 11.6 Å². The molecule has 1 N–H and O–H groups in total. The molecule has 0 bridgehead atoms. The van der Waals surface area contributed by atoms with E-state index in [0.717, 1.165) is 17.8 Å². The van der Waals surface area contributed by atoms with Crippen molar-refractivity contribution in [1.82, 2.24) is 15.5 Å². The van der Waals surface area contributed by atoms with Crippen LogP contribution in [0.25, 0.3) is 0 Å². The van der Waals surface area contributed by atoms with Crippen molar-refractivity contribution in [2.45, 2.75) is 26.8 Å². The van der Waals surface area contributed by atoms with Crippen LogP contribution in [0.1, 0.15) is 34.4 Å². The summed E-state index contributed by atoms with van der Waals surface area (Å²) in [7, 11) is 0. The molecule has 0 radical (unpaired) electrons. The largest absolute Gasteiger partial charge is 0.359 e. The Morgan fingerprint density at radius 3 is 2.84 bits per heavy atom. The molecular weight excluding hydrogens is 266 g/mol. The van der Waals surface area contributed by atoms with Gasteiger partial charge in [0, 0.05) is 17.3 Å². The maximum atomic E-state index is 12.0. The zero-order chi connectivity index (χ0) is 13.8. The average molecular weight is 280 g/mol. The molecule has 2 aromatic rings. The van der Waals surface area contributed by atoms with Gasteiger partial charge in [-0.3, -0.25) is 4.79 Å². The van der Waals surface area contributed by atoms with E-state index in [2.05, 4.69) is 15.5 Å². The van der Waals surface area contributed by atoms with E-state index in [4.69, 9.17) is 16.1 Å². The number of carbonyl (C=O) groups excluding carboxylic acids is 1. The summed E-state index contributed by atoms with van der Waals surface area (Å²) in [5.41, 5.74) is 2.06. The highest BCUT2D eigenvalue weighted by atomic mass is 35.5. The first-order valence-electron chi connectivity index (χ1n) is 5.95. The molecule has 0 saturated carbocycles. The Morgan fingerprint density at radius 1 is 1.42 bits per heavy atom. The van der Waals surface area contributed by atoms with Crippen molar-refractivity contribution in [1.29, 1.82) is 0 Å². The standard InChI is InChI=1S/C13H14ClN3O2/c1-3-10-5-9(6-12(14)16-10)13(18)15-7-11-4-8(2)17-19-11/h4-6H,3,7H2,1-2H3,(H,15,18). The Bertz CT molecular complexity index is 595. The van der Waals surface area contributed by atoms with E-state index in [9.17, 15) is 4.79 Å². The summed E-state index contributed by atoms with van der Waals surface area (Å²) >= 11 is 5.87. The third-order valence-electron chi connectivity index (χ3n) is 2.57. The first-order valence-corrected chi connectivity index (χ1v) is 6.33. The highest BCUT2D eigenvalue weighted by Gasteiger charge is 2.10. The molecule has 2 heterocycles. The monoisotopic (exact) mass is 279 g/mol. The van der Waals surface area contributed by atoms with Gasteiger partial charge < -0.3 is 9.84 Å². The van der Waals surface area contributed by atoms with Gasteiger partial charge in [0.15, 0.2) is 5.76 Å². The van der Waals surface area contributed by atoms with Gasteiger partial charge in [0.25, 0.3) is 5.91 Å². The molecule has 0 aromatic carbocycles. The number of aryl methyl sites for hydroxylation is 2. The lowest BCUT2D eigenvalue weighted by atomic mass is 10.2. The third kappa shape index (κ3) is 3.54. The number of hydrogen-bond donors (Lipinski definition) is 1. The van der Waals surface area contributed by atoms with Crippen molar-refractivity contribution < 1.29 is 9.32 Å². The van der Waals surface area contributed by atoms with Crippen LogP contribution in [0.3, 0.4) is 0 Å². The van der Waals surface area contributed by atoms with Crippen LogP contribution in [0.2, 0.25) is 5.15 Å². The van der Waals surface area contributed by atoms with Crippen molar-refractivity contribution in [3.8, 4) is 0 Å². The summed E-state index contributed by atoms with van der Waals surface area (Å²) in [5, 5.41) is 6.82. The number of hydrogen-bond acceptors (Lipinski definition) is 4. The molecule has 1 amide bonds. The van der Waals surface area contributed by atoms with Gasteiger partial charge in [0.05, 0.1) is 12.2 Å². The van der Waals surface area contributed by atoms with Crippen LogP contribution in [0, 0.1) is 6.92 Å². The summed E-state index contributed by atoms with van der Waals surface area (Å²) in [6.45, 7) is 4.07. The zero-order valence-electron chi connectivity index (χ0n) is 10.7. The van der Waals surface area contributed by atoms with E-state index in [0.29, 0.717) is 23.0 Å². The van der Waals surface area contributed by atoms with E-state index in [1.807, 2.05) is 13.8 Å². The highest BCUT2D eigenvalue weighted by molar-refractivity contribution is 6.29. The fourth-order valence-electron chi connectivity index (χ4n) is 1.63. The van der Waals surface area contributed by atoms with Crippen LogP contribution in [0.5, 0.6) is 0 Å². The molecule has 100 valence electrons. The number of carbonyl (C=O) groups is 1. The molecular formula is C13H14ClN3O2. The van der Waals surface area contributed by atoms with Gasteiger partial charge >= 0.3 is 0 Å². The van der Waals surface area contributed by atoms with Crippen LogP contribution < -0.4 is 5.32 Å². The van der Waals surface area contributed by atoms with Crippen molar-refractivity contribution in [2.24, 2.45) is 0 Å². The molecule has 2 rings (SSSR count). The second-order valence-corrected chi connectivity index (χ2v) is 4.53. The van der Waals surface area contributed by atoms with Crippen LogP contribution in [-0.4, -0.2) is 16.0 Å². The van der Waals surface area contributed by atoms with Crippen molar-refractivity contribution in [2.75, 3.05) is 0 Å². The molecule has 5 nitrogen and oxygen atoms in total. The minimum Gasteiger partial charge on any atom is -0.359 e. The molecule has 0 fully saturated rings. The summed E-state index contributed by atoms with van der Waals surface area (Å²) in [4.78, 5) is 16.1. The van der Waals surface area contributed by atoms with Crippen LogP contribution in [0.4, 0.5) is 0 Å². The third-order valence-corrected chi connectivity index (χ3v) is 2.77. The number of aromatic nitrogens is 2. The van der Waals surface area contributed by atoms with Gasteiger partial charge in [0.2, 0.25) is 0 Å². The Hall–Kier alpha value is -1.88. The van der Waals surface area contributed by atoms with Crippen molar-refractivity contribution in [3.05, 3.63) is 46.1 Å². The first-order chi connectivity index (χ1) is 9.08. The normalized spacial score (nSPS) is 10.5. The zero-order valence-corrected chi connectivity index (χ0v) is 11.5. The van der Waals surface area contributed by atoms with Crippen LogP contribution in [-0.2, 0) is 13.0 Å². The minimum absolute atomic E-state index is 0.215. The summed E-state index contributed by atoms with van der Waals surface area (Å²) in [6.07, 6.45) is 0.724. The highest BCUT2D eigenvalue weighted by Crippen LogP contribution is 2.12. The van der Waals surface area contributed by atoms with Crippen molar-refractivity contribution in [3.63, 3.8) is 0 Å². The van der Waals surface area contributed by atoms with Gasteiger partial charge in [-0.05, 0) is 25.5 Å². The van der Waals surface area contributed by atoms with Gasteiger partial charge in [0.1, 0.15) is 5.15 Å². The lowest BCUT2D eigenvalue weighted by molar-refractivity contribution is 0.0947. The molecule has 0 aliphatic carbocycles. The number of pyridine rings is 1. The maximum absolute atomic E-state index is 12.0. The molecule has 0 saturated heterocycles. The number of nitrogens with one attached hydrogen (secondary N) is 1. The molecule has 0 unspecified atom stereocenters. The van der Waals surface area contributed by atoms with Gasteiger partial charge in [-0.1, -0.05) is 23.7 Å². The molecule has 0 atom stereocenters. The van der Waals surface area contributed by atoms with Gasteiger partial charge in [-0.25, -0.2) is 4.98 Å². The summed E-state index contributed by atoms with van der Waals surface area (Å²) < 4.78 is 5.02. The topological polar surface area (TPSA) is 68.0 Å². The lowest BCUT2D eigenvalue weighted by Gasteiger charge is -2.05. The van der Waals surface area contributed by atoms with E-state index >= 15 is 0 Å². The van der Waals surface area contributed by atoms with E-state index < -0.39 is 0 Å². The summed E-state index contributed by atoms with van der Waals surface area (Å²) in [6, 6.07) is 5.05. The van der Waals surface area contributed by atoms with E-state index in [1.54, 1.807) is 18.2 Å². The predicted octanol–water partition coefficient (Wildman–Crippen LogP) is 2.52. The summed E-state index contributed by atoms with van der Waals surface area (Å²) in [5.74, 6) is 0.398. The average Bonchev–Trinajstić information content (AvgIpc) is 2.81. The van der Waals surface area contributed by atoms with Gasteiger partial charge in [-0.2, -0.15) is 0 Å². The second kappa shape index (κ2) is 5.84. The molecule has 0 spiro atoms. The fraction of sp³-hybridized carbons (Fsp3) is 0.308. The molecule has 2 aromatic heterocycles. The Morgan fingerprint density at radius 2 is 2.21 bits per heavy atom. The smallest absolute Gasteiger partial charge is 0.251 e. The Balaban J connectivity index is 2.05. The SMILES string of the molecule is CCc1cc(C(=O)NCc2cc(C)no2)cc(Cl)n1. The minimum atomic E-state index is -0.215. The van der Waals surface area contributed by atoms with Crippen molar-refractivity contribution >= 4 is 17.5 Å². The maximum Gasteiger partial charge on any atom is 0.251 e. The predicted molar refractivity (Wildman–Crippen MR) is 71.0 cm³/mol. The number of nitrogens with zero attached hydrogens (tertiary/aromatic N) is 2. The van der Waals surface area contributed by atoms with E-state index in [1.165, 1.54) is 0 Å². The Labute approximate surface area is 116 Å². The number of amides is 1. The van der Waals surface area contributed by atoms with E-state index in [-0.39, 0.29) is 5.91 Å². The molecule has 0 aliphatic rings. The molecule has 6 heteroatoms. The fourth-order valence-corrected chi connectivity index (χ4v) is 1.86.